The third-order valence-electron chi connectivity index (χ3n) is 5.40. The van der Waals surface area contributed by atoms with Crippen LogP contribution in [0.25, 0.3) is 10.9 Å². The molecule has 0 bridgehead atoms. The molecule has 1 atom stereocenters. The monoisotopic (exact) mass is 302 g/mol. The second-order valence-electron chi connectivity index (χ2n) is 6.52. The fourth-order valence-electron chi connectivity index (χ4n) is 4.48. The van der Waals surface area contributed by atoms with Crippen molar-refractivity contribution < 1.29 is 5.21 Å². The van der Waals surface area contributed by atoms with E-state index in [-0.39, 0.29) is 0 Å². The summed E-state index contributed by atoms with van der Waals surface area (Å²) in [6.45, 7) is 0. The van der Waals surface area contributed by atoms with Gasteiger partial charge < -0.3 is 9.77 Å². The van der Waals surface area contributed by atoms with Crippen LogP contribution in [0, 0.1) is 0 Å². The van der Waals surface area contributed by atoms with Crippen LogP contribution in [0.15, 0.2) is 53.7 Å². The van der Waals surface area contributed by atoms with Gasteiger partial charge in [0.25, 0.3) is 0 Å². The van der Waals surface area contributed by atoms with Crippen LogP contribution in [0.2, 0.25) is 0 Å². The molecule has 1 aliphatic heterocycles. The second-order valence-corrected chi connectivity index (χ2v) is 6.52. The average molecular weight is 302 g/mol. The topological polar surface area (TPSA) is 37.5 Å². The maximum atomic E-state index is 9.40. The summed E-state index contributed by atoms with van der Waals surface area (Å²) in [5.41, 5.74) is 7.49. The van der Waals surface area contributed by atoms with Crippen LogP contribution in [-0.2, 0) is 12.8 Å². The van der Waals surface area contributed by atoms with Crippen molar-refractivity contribution >= 4 is 16.6 Å². The molecule has 1 N–H and O–H groups in total. The molecule has 1 unspecified atom stereocenters. The van der Waals surface area contributed by atoms with Gasteiger partial charge in [0.2, 0.25) is 0 Å². The van der Waals surface area contributed by atoms with Gasteiger partial charge in [0.15, 0.2) is 0 Å². The highest BCUT2D eigenvalue weighted by atomic mass is 16.4. The fraction of sp³-hybridized carbons (Fsp3) is 0.250. The summed E-state index contributed by atoms with van der Waals surface area (Å²) in [5, 5.41) is 14.2. The molecule has 0 amide bonds. The van der Waals surface area contributed by atoms with Crippen molar-refractivity contribution in [3.63, 3.8) is 0 Å². The Morgan fingerprint density at radius 2 is 1.83 bits per heavy atom. The molecule has 114 valence electrons. The van der Waals surface area contributed by atoms with E-state index in [1.807, 2.05) is 0 Å². The highest BCUT2D eigenvalue weighted by molar-refractivity contribution is 6.14. The Balaban J connectivity index is 1.85. The Labute approximate surface area is 134 Å². The second kappa shape index (κ2) is 4.72. The molecule has 1 aliphatic carbocycles. The van der Waals surface area contributed by atoms with Crippen molar-refractivity contribution in [2.75, 3.05) is 0 Å². The van der Waals surface area contributed by atoms with Crippen LogP contribution in [-0.4, -0.2) is 15.5 Å². The predicted molar refractivity (Wildman–Crippen MR) is 91.5 cm³/mol. The summed E-state index contributed by atoms with van der Waals surface area (Å²) >= 11 is 0. The molecule has 2 aromatic carbocycles. The number of para-hydroxylation sites is 1. The van der Waals surface area contributed by atoms with E-state index in [0.717, 1.165) is 31.4 Å². The molecule has 0 fully saturated rings. The number of hydrogen-bond donors (Lipinski definition) is 1. The number of hydrogen-bond acceptors (Lipinski definition) is 2. The van der Waals surface area contributed by atoms with Crippen molar-refractivity contribution in [2.24, 2.45) is 5.16 Å². The summed E-state index contributed by atoms with van der Waals surface area (Å²) in [7, 11) is 0. The summed E-state index contributed by atoms with van der Waals surface area (Å²) in [6, 6.07) is 17.7. The first-order valence-corrected chi connectivity index (χ1v) is 8.29. The molecule has 2 aliphatic rings. The van der Waals surface area contributed by atoms with Gasteiger partial charge in [-0.3, -0.25) is 0 Å². The van der Waals surface area contributed by atoms with Crippen LogP contribution in [0.1, 0.15) is 41.3 Å². The highest BCUT2D eigenvalue weighted by Crippen LogP contribution is 2.43. The molecule has 0 saturated heterocycles. The number of fused-ring (bicyclic) bond motifs is 3. The van der Waals surface area contributed by atoms with Crippen molar-refractivity contribution in [1.82, 2.24) is 4.57 Å². The standard InChI is InChI=1S/C20H18N2O/c23-21-16-10-12-18-19(16)15-8-4-7-14-9-11-17(22(18)20(14)15)13-5-2-1-3-6-13/h1-8,17,23H,9-12H2/b21-16+. The first-order chi connectivity index (χ1) is 11.4. The minimum absolute atomic E-state index is 0.385. The van der Waals surface area contributed by atoms with Crippen molar-refractivity contribution in [2.45, 2.75) is 31.7 Å². The van der Waals surface area contributed by atoms with Gasteiger partial charge in [0, 0.05) is 16.6 Å². The van der Waals surface area contributed by atoms with E-state index in [1.165, 1.54) is 33.3 Å². The van der Waals surface area contributed by atoms with Crippen LogP contribution in [0.5, 0.6) is 0 Å². The zero-order valence-electron chi connectivity index (χ0n) is 12.9. The zero-order valence-corrected chi connectivity index (χ0v) is 12.9. The fourth-order valence-corrected chi connectivity index (χ4v) is 4.48. The van der Waals surface area contributed by atoms with Crippen molar-refractivity contribution in [1.29, 1.82) is 0 Å². The molecular weight excluding hydrogens is 284 g/mol. The molecule has 5 rings (SSSR count). The normalized spacial score (nSPS) is 21.0. The van der Waals surface area contributed by atoms with Gasteiger partial charge in [-0.2, -0.15) is 0 Å². The first kappa shape index (κ1) is 12.9. The summed E-state index contributed by atoms with van der Waals surface area (Å²) < 4.78 is 2.52. The van der Waals surface area contributed by atoms with Crippen molar-refractivity contribution in [3.8, 4) is 0 Å². The Kier molecular flexibility index (Phi) is 2.66. The number of rotatable bonds is 1. The van der Waals surface area contributed by atoms with E-state index >= 15 is 0 Å². The number of aryl methyl sites for hydroxylation is 1. The van der Waals surface area contributed by atoms with E-state index in [9.17, 15) is 5.21 Å². The number of oxime groups is 1. The van der Waals surface area contributed by atoms with E-state index in [1.54, 1.807) is 0 Å². The van der Waals surface area contributed by atoms with E-state index in [4.69, 9.17) is 0 Å². The van der Waals surface area contributed by atoms with Crippen molar-refractivity contribution in [3.05, 3.63) is 70.9 Å². The maximum Gasteiger partial charge on any atom is 0.0896 e. The molecule has 0 radical (unpaired) electrons. The molecule has 2 heterocycles. The molecule has 3 aromatic rings. The van der Waals surface area contributed by atoms with Gasteiger partial charge in [-0.05, 0) is 36.8 Å². The van der Waals surface area contributed by atoms with Gasteiger partial charge >= 0.3 is 0 Å². The van der Waals surface area contributed by atoms with Gasteiger partial charge in [0.05, 0.1) is 17.3 Å². The molecule has 0 saturated carbocycles. The lowest BCUT2D eigenvalue weighted by molar-refractivity contribution is 0.318. The van der Waals surface area contributed by atoms with Crippen LogP contribution >= 0.6 is 0 Å². The minimum Gasteiger partial charge on any atom is -0.411 e. The third kappa shape index (κ3) is 1.68. The van der Waals surface area contributed by atoms with Gasteiger partial charge in [-0.25, -0.2) is 0 Å². The maximum absolute atomic E-state index is 9.40. The minimum atomic E-state index is 0.385. The average Bonchev–Trinajstić information content (AvgIpc) is 3.17. The lowest BCUT2D eigenvalue weighted by Crippen LogP contribution is -2.18. The van der Waals surface area contributed by atoms with Gasteiger partial charge in [-0.1, -0.05) is 53.7 Å². The highest BCUT2D eigenvalue weighted by Gasteiger charge is 2.33. The van der Waals surface area contributed by atoms with Crippen LogP contribution in [0.3, 0.4) is 0 Å². The van der Waals surface area contributed by atoms with E-state index in [0.29, 0.717) is 6.04 Å². The quantitative estimate of drug-likeness (QED) is 0.528. The van der Waals surface area contributed by atoms with E-state index in [2.05, 4.69) is 58.3 Å². The predicted octanol–water partition coefficient (Wildman–Crippen LogP) is 4.30. The zero-order chi connectivity index (χ0) is 15.4. The molecule has 3 nitrogen and oxygen atoms in total. The molecule has 0 spiro atoms. The Morgan fingerprint density at radius 1 is 0.957 bits per heavy atom. The van der Waals surface area contributed by atoms with Crippen LogP contribution in [0.4, 0.5) is 0 Å². The third-order valence-corrected chi connectivity index (χ3v) is 5.40. The summed E-state index contributed by atoms with van der Waals surface area (Å²) in [4.78, 5) is 0. The molecule has 23 heavy (non-hydrogen) atoms. The Morgan fingerprint density at radius 3 is 2.65 bits per heavy atom. The lowest BCUT2D eigenvalue weighted by Gasteiger charge is -2.28. The Hall–Kier alpha value is -2.55. The van der Waals surface area contributed by atoms with E-state index < -0.39 is 0 Å². The van der Waals surface area contributed by atoms with Crippen LogP contribution < -0.4 is 0 Å². The van der Waals surface area contributed by atoms with Gasteiger partial charge in [-0.15, -0.1) is 0 Å². The molecule has 1 aromatic heterocycles. The molecule has 3 heteroatoms. The largest absolute Gasteiger partial charge is 0.411 e. The summed E-state index contributed by atoms with van der Waals surface area (Å²) in [6.07, 6.45) is 4.03. The number of aromatic nitrogens is 1. The molecular formula is C20H18N2O. The Bertz CT molecular complexity index is 937. The van der Waals surface area contributed by atoms with Gasteiger partial charge in [0.1, 0.15) is 0 Å². The number of benzene rings is 2. The lowest BCUT2D eigenvalue weighted by atomic mass is 9.93. The first-order valence-electron chi connectivity index (χ1n) is 8.29. The number of nitrogens with zero attached hydrogens (tertiary/aromatic N) is 2. The summed E-state index contributed by atoms with van der Waals surface area (Å²) in [5.74, 6) is 0. The SMILES string of the molecule is O/N=C1\CCc2c1c1cccc3c1n2C(c1ccccc1)CC3. The smallest absolute Gasteiger partial charge is 0.0896 e.